The van der Waals surface area contributed by atoms with Crippen LogP contribution in [0.4, 0.5) is 8.78 Å². The van der Waals surface area contributed by atoms with Crippen molar-refractivity contribution in [3.05, 3.63) is 12.8 Å². The van der Waals surface area contributed by atoms with Gasteiger partial charge < -0.3 is 4.74 Å². The summed E-state index contributed by atoms with van der Waals surface area (Å²) in [6.07, 6.45) is 1.71. The van der Waals surface area contributed by atoms with Crippen LogP contribution in [0.1, 0.15) is 46.5 Å². The van der Waals surface area contributed by atoms with E-state index in [-0.39, 0.29) is 5.92 Å². The summed E-state index contributed by atoms with van der Waals surface area (Å²) >= 11 is 0. The first kappa shape index (κ1) is 15.5. The summed E-state index contributed by atoms with van der Waals surface area (Å²) in [5.74, 6) is 0.810. The van der Waals surface area contributed by atoms with Gasteiger partial charge in [0.15, 0.2) is 6.17 Å². The van der Waals surface area contributed by atoms with E-state index in [1.165, 1.54) is 6.26 Å². The lowest BCUT2D eigenvalue weighted by atomic mass is 9.74. The van der Waals surface area contributed by atoms with Crippen LogP contribution in [0.5, 0.6) is 0 Å². The second-order valence-electron chi connectivity index (χ2n) is 5.78. The highest BCUT2D eigenvalue weighted by Gasteiger charge is 2.36. The predicted molar refractivity (Wildman–Crippen MR) is 70.8 cm³/mol. The summed E-state index contributed by atoms with van der Waals surface area (Å²) in [5.41, 5.74) is 0. The molecule has 106 valence electrons. The lowest BCUT2D eigenvalue weighted by Crippen LogP contribution is -2.38. The quantitative estimate of drug-likeness (QED) is 0.630. The van der Waals surface area contributed by atoms with E-state index in [0.29, 0.717) is 5.92 Å². The molecule has 0 heterocycles. The Balaban J connectivity index is 2.49. The maximum Gasteiger partial charge on any atom is 0.168 e. The third kappa shape index (κ3) is 3.96. The molecule has 3 heteroatoms. The van der Waals surface area contributed by atoms with E-state index >= 15 is 0 Å². The zero-order chi connectivity index (χ0) is 13.7. The molecule has 18 heavy (non-hydrogen) atoms. The maximum atomic E-state index is 14.2. The average molecular weight is 260 g/mol. The molecular weight excluding hydrogens is 234 g/mol. The number of rotatable bonds is 6. The molecule has 0 spiro atoms. The Morgan fingerprint density at radius 3 is 2.17 bits per heavy atom. The van der Waals surface area contributed by atoms with Crippen molar-refractivity contribution in [1.82, 2.24) is 0 Å². The van der Waals surface area contributed by atoms with Crippen molar-refractivity contribution < 1.29 is 13.5 Å². The van der Waals surface area contributed by atoms with Gasteiger partial charge in [0, 0.05) is 0 Å². The topological polar surface area (TPSA) is 9.23 Å². The van der Waals surface area contributed by atoms with Gasteiger partial charge in [0.05, 0.1) is 6.26 Å². The highest BCUT2D eigenvalue weighted by Crippen LogP contribution is 2.36. The fraction of sp³-hybridized carbons (Fsp3) is 0.867. The minimum Gasteiger partial charge on any atom is -0.496 e. The zero-order valence-electron chi connectivity index (χ0n) is 11.7. The van der Waals surface area contributed by atoms with Gasteiger partial charge >= 0.3 is 0 Å². The summed E-state index contributed by atoms with van der Waals surface area (Å²) in [4.78, 5) is 0. The Kier molecular flexibility index (Phi) is 6.10. The van der Waals surface area contributed by atoms with Gasteiger partial charge in [0.1, 0.15) is 12.3 Å². The standard InChI is InChI=1S/C15H26F2O/c1-5-18-12(4)15(17)14(16)11(3)13-8-6-10(2)7-9-13/h5,10-15H,1,6-9H2,2-4H3. The van der Waals surface area contributed by atoms with Crippen molar-refractivity contribution >= 4 is 0 Å². The highest BCUT2D eigenvalue weighted by atomic mass is 19.2. The Morgan fingerprint density at radius 2 is 1.67 bits per heavy atom. The molecule has 0 N–H and O–H groups in total. The Labute approximate surface area is 110 Å². The highest BCUT2D eigenvalue weighted by molar-refractivity contribution is 4.85. The van der Waals surface area contributed by atoms with E-state index in [2.05, 4.69) is 13.5 Å². The van der Waals surface area contributed by atoms with Crippen LogP contribution in [0.2, 0.25) is 0 Å². The lowest BCUT2D eigenvalue weighted by Gasteiger charge is -2.34. The molecular formula is C15H26F2O. The van der Waals surface area contributed by atoms with E-state index in [9.17, 15) is 8.78 Å². The normalized spacial score (nSPS) is 31.2. The number of ether oxygens (including phenoxy) is 1. The predicted octanol–water partition coefficient (Wildman–Crippen LogP) is 4.67. The van der Waals surface area contributed by atoms with Gasteiger partial charge in [-0.2, -0.15) is 0 Å². The third-order valence-corrected chi connectivity index (χ3v) is 4.37. The van der Waals surface area contributed by atoms with Gasteiger partial charge in [-0.1, -0.05) is 33.3 Å². The smallest absolute Gasteiger partial charge is 0.168 e. The Morgan fingerprint density at radius 1 is 1.11 bits per heavy atom. The molecule has 1 fully saturated rings. The van der Waals surface area contributed by atoms with Crippen LogP contribution >= 0.6 is 0 Å². The van der Waals surface area contributed by atoms with Crippen molar-refractivity contribution in [3.63, 3.8) is 0 Å². The molecule has 1 aliphatic carbocycles. The number of hydrogen-bond acceptors (Lipinski definition) is 1. The van der Waals surface area contributed by atoms with E-state index in [1.54, 1.807) is 6.92 Å². The summed E-state index contributed by atoms with van der Waals surface area (Å²) in [7, 11) is 0. The SMILES string of the molecule is C=COC(C)C(F)C(F)C(C)C1CCC(C)CC1. The summed E-state index contributed by atoms with van der Waals surface area (Å²) < 4.78 is 33.0. The van der Waals surface area contributed by atoms with Crippen molar-refractivity contribution in [2.45, 2.75) is 64.9 Å². The van der Waals surface area contributed by atoms with Crippen molar-refractivity contribution in [2.24, 2.45) is 17.8 Å². The van der Waals surface area contributed by atoms with Gasteiger partial charge in [-0.3, -0.25) is 0 Å². The molecule has 0 saturated heterocycles. The van der Waals surface area contributed by atoms with Gasteiger partial charge in [0.2, 0.25) is 0 Å². The van der Waals surface area contributed by atoms with Crippen LogP contribution in [-0.4, -0.2) is 18.4 Å². The van der Waals surface area contributed by atoms with Crippen LogP contribution < -0.4 is 0 Å². The third-order valence-electron chi connectivity index (χ3n) is 4.37. The Hall–Kier alpha value is -0.600. The van der Waals surface area contributed by atoms with Crippen LogP contribution in [0.15, 0.2) is 12.8 Å². The minimum atomic E-state index is -1.57. The molecule has 0 bridgehead atoms. The number of hydrogen-bond donors (Lipinski definition) is 0. The molecule has 0 aliphatic heterocycles. The monoisotopic (exact) mass is 260 g/mol. The van der Waals surface area contributed by atoms with E-state index in [1.807, 2.05) is 6.92 Å². The second kappa shape index (κ2) is 7.10. The van der Waals surface area contributed by atoms with E-state index < -0.39 is 18.4 Å². The van der Waals surface area contributed by atoms with E-state index in [4.69, 9.17) is 4.74 Å². The molecule has 0 aromatic rings. The summed E-state index contributed by atoms with van der Waals surface area (Å²) in [6.45, 7) is 8.98. The molecule has 0 aromatic carbocycles. The summed E-state index contributed by atoms with van der Waals surface area (Å²) in [5, 5.41) is 0. The first-order chi connectivity index (χ1) is 8.47. The van der Waals surface area contributed by atoms with Gasteiger partial charge in [-0.25, -0.2) is 8.78 Å². The first-order valence-corrected chi connectivity index (χ1v) is 7.01. The zero-order valence-corrected chi connectivity index (χ0v) is 11.7. The van der Waals surface area contributed by atoms with Crippen LogP contribution in [0.3, 0.4) is 0 Å². The molecule has 4 unspecified atom stereocenters. The Bertz CT molecular complexity index is 249. The van der Waals surface area contributed by atoms with E-state index in [0.717, 1.165) is 31.6 Å². The van der Waals surface area contributed by atoms with Crippen molar-refractivity contribution in [3.8, 4) is 0 Å². The molecule has 0 aromatic heterocycles. The molecule has 0 amide bonds. The second-order valence-corrected chi connectivity index (χ2v) is 5.78. The molecule has 1 nitrogen and oxygen atoms in total. The molecule has 1 saturated carbocycles. The molecule has 1 aliphatic rings. The van der Waals surface area contributed by atoms with Crippen molar-refractivity contribution in [2.75, 3.05) is 0 Å². The molecule has 4 atom stereocenters. The lowest BCUT2D eigenvalue weighted by molar-refractivity contribution is -0.00751. The van der Waals surface area contributed by atoms with Crippen LogP contribution in [0, 0.1) is 17.8 Å². The molecule has 1 rings (SSSR count). The van der Waals surface area contributed by atoms with Gasteiger partial charge in [-0.05, 0) is 37.5 Å². The number of halogens is 2. The van der Waals surface area contributed by atoms with Gasteiger partial charge in [0.25, 0.3) is 0 Å². The summed E-state index contributed by atoms with van der Waals surface area (Å²) in [6, 6.07) is 0. The fourth-order valence-corrected chi connectivity index (χ4v) is 2.85. The van der Waals surface area contributed by atoms with Crippen molar-refractivity contribution in [1.29, 1.82) is 0 Å². The fourth-order valence-electron chi connectivity index (χ4n) is 2.85. The maximum absolute atomic E-state index is 14.2. The van der Waals surface area contributed by atoms with Gasteiger partial charge in [-0.15, -0.1) is 0 Å². The molecule has 0 radical (unpaired) electrons. The first-order valence-electron chi connectivity index (χ1n) is 7.01. The van der Waals surface area contributed by atoms with Crippen LogP contribution in [-0.2, 0) is 4.74 Å². The minimum absolute atomic E-state index is 0.233. The van der Waals surface area contributed by atoms with Crippen LogP contribution in [0.25, 0.3) is 0 Å². The average Bonchev–Trinajstić information content (AvgIpc) is 2.37. The largest absolute Gasteiger partial charge is 0.496 e. The number of alkyl halides is 2.